The second kappa shape index (κ2) is 4.86. The summed E-state index contributed by atoms with van der Waals surface area (Å²) in [4.78, 5) is 0. The first-order chi connectivity index (χ1) is 7.54. The average molecular weight is 234 g/mol. The monoisotopic (exact) mass is 234 g/mol. The summed E-state index contributed by atoms with van der Waals surface area (Å²) in [6, 6.07) is 0. The van der Waals surface area contributed by atoms with Crippen molar-refractivity contribution in [3.8, 4) is 17.6 Å². The van der Waals surface area contributed by atoms with E-state index in [1.54, 1.807) is 5.92 Å². The summed E-state index contributed by atoms with van der Waals surface area (Å²) < 4.78 is 56.7. The molecule has 0 aliphatic heterocycles. The molecule has 0 radical (unpaired) electrons. The Morgan fingerprint density at radius 3 is 1.94 bits per heavy atom. The fourth-order valence-corrected chi connectivity index (χ4v) is 1.03. The summed E-state index contributed by atoms with van der Waals surface area (Å²) >= 11 is 0. The van der Waals surface area contributed by atoms with Gasteiger partial charge in [-0.05, 0) is 0 Å². The maximum Gasteiger partial charge on any atom is 0.205 e. The van der Waals surface area contributed by atoms with Crippen molar-refractivity contribution in [1.29, 1.82) is 0 Å². The number of halogens is 4. The predicted molar refractivity (Wildman–Crippen MR) is 46.8 cm³/mol. The van der Waals surface area contributed by atoms with E-state index in [1.807, 2.05) is 5.92 Å². The molecule has 0 heterocycles. The molecule has 0 amide bonds. The first kappa shape index (κ1) is 12.3. The Balaban J connectivity index is 3.53. The average Bonchev–Trinajstić information content (AvgIpc) is 2.27. The molecule has 1 rings (SSSR count). The number of rotatable bonds is 1. The van der Waals surface area contributed by atoms with Crippen molar-refractivity contribution >= 4 is 0 Å². The number of hydrogen-bond acceptors (Lipinski definition) is 2. The van der Waals surface area contributed by atoms with Crippen LogP contribution in [0.4, 0.5) is 17.6 Å². The van der Waals surface area contributed by atoms with Gasteiger partial charge in [-0.15, -0.1) is 0 Å². The molecule has 0 bridgehead atoms. The normalized spacial score (nSPS) is 9.62. The van der Waals surface area contributed by atoms with Gasteiger partial charge < -0.3 is 9.84 Å². The third kappa shape index (κ3) is 1.95. The standard InChI is InChI=1S/C10H6F4O2/c1-16-10-8(13)6(11)5(3-2-4-15)7(12)9(10)14/h15H,4H2,1H3. The van der Waals surface area contributed by atoms with Gasteiger partial charge in [0.05, 0.1) is 7.11 Å². The van der Waals surface area contributed by atoms with Crippen molar-refractivity contribution in [3.05, 3.63) is 28.8 Å². The third-order valence-corrected chi connectivity index (χ3v) is 1.72. The van der Waals surface area contributed by atoms with Crippen molar-refractivity contribution in [3.63, 3.8) is 0 Å². The van der Waals surface area contributed by atoms with E-state index < -0.39 is 41.2 Å². The zero-order valence-electron chi connectivity index (χ0n) is 8.07. The molecule has 1 aromatic carbocycles. The van der Waals surface area contributed by atoms with E-state index in [4.69, 9.17) is 5.11 Å². The van der Waals surface area contributed by atoms with Crippen LogP contribution in [0.5, 0.6) is 5.75 Å². The summed E-state index contributed by atoms with van der Waals surface area (Å²) in [5.41, 5.74) is -1.08. The lowest BCUT2D eigenvalue weighted by molar-refractivity contribution is 0.331. The second-order valence-corrected chi connectivity index (χ2v) is 2.62. The van der Waals surface area contributed by atoms with E-state index in [2.05, 4.69) is 4.74 Å². The lowest BCUT2D eigenvalue weighted by Crippen LogP contribution is -2.04. The summed E-state index contributed by atoms with van der Waals surface area (Å²) in [6.45, 7) is -0.686. The van der Waals surface area contributed by atoms with Crippen LogP contribution in [0.25, 0.3) is 0 Å². The minimum atomic E-state index is -1.66. The van der Waals surface area contributed by atoms with E-state index in [-0.39, 0.29) is 0 Å². The molecule has 0 atom stereocenters. The van der Waals surface area contributed by atoms with E-state index >= 15 is 0 Å². The Labute approximate surface area is 88.5 Å². The fourth-order valence-electron chi connectivity index (χ4n) is 1.03. The van der Waals surface area contributed by atoms with Crippen LogP contribution in [0.15, 0.2) is 0 Å². The lowest BCUT2D eigenvalue weighted by Gasteiger charge is -2.07. The van der Waals surface area contributed by atoms with Gasteiger partial charge in [-0.3, -0.25) is 0 Å². The predicted octanol–water partition coefficient (Wildman–Crippen LogP) is 1.60. The molecule has 6 heteroatoms. The molecule has 0 aliphatic rings. The van der Waals surface area contributed by atoms with Crippen LogP contribution in [0.2, 0.25) is 0 Å². The fraction of sp³-hybridized carbons (Fsp3) is 0.200. The molecule has 1 N–H and O–H groups in total. The highest BCUT2D eigenvalue weighted by Gasteiger charge is 2.25. The molecule has 0 unspecified atom stereocenters. The summed E-state index contributed by atoms with van der Waals surface area (Å²) in [5, 5.41) is 8.32. The zero-order chi connectivity index (χ0) is 12.3. The molecule has 86 valence electrons. The Kier molecular flexibility index (Phi) is 3.74. The summed E-state index contributed by atoms with van der Waals surface area (Å²) in [7, 11) is 0.874. The first-order valence-electron chi connectivity index (χ1n) is 4.04. The minimum Gasteiger partial charge on any atom is -0.491 e. The number of methoxy groups -OCH3 is 1. The van der Waals surface area contributed by atoms with Gasteiger partial charge in [0.2, 0.25) is 11.6 Å². The highest BCUT2D eigenvalue weighted by molar-refractivity contribution is 5.43. The van der Waals surface area contributed by atoms with Crippen molar-refractivity contribution in [2.45, 2.75) is 0 Å². The number of aliphatic hydroxyl groups excluding tert-OH is 1. The van der Waals surface area contributed by atoms with Crippen LogP contribution in [0.3, 0.4) is 0 Å². The first-order valence-corrected chi connectivity index (χ1v) is 4.04. The molecule has 1 aromatic rings. The minimum absolute atomic E-state index is 0.686. The van der Waals surface area contributed by atoms with Crippen molar-refractivity contribution in [1.82, 2.24) is 0 Å². The quantitative estimate of drug-likeness (QED) is 0.454. The highest BCUT2D eigenvalue weighted by Crippen LogP contribution is 2.29. The highest BCUT2D eigenvalue weighted by atomic mass is 19.2. The van der Waals surface area contributed by atoms with E-state index in [9.17, 15) is 17.6 Å². The van der Waals surface area contributed by atoms with E-state index in [1.165, 1.54) is 0 Å². The van der Waals surface area contributed by atoms with E-state index in [0.717, 1.165) is 7.11 Å². The summed E-state index contributed by atoms with van der Waals surface area (Å²) in [6.07, 6.45) is 0. The largest absolute Gasteiger partial charge is 0.491 e. The van der Waals surface area contributed by atoms with Crippen LogP contribution >= 0.6 is 0 Å². The molecular weight excluding hydrogens is 228 g/mol. The van der Waals surface area contributed by atoms with Crippen LogP contribution in [-0.4, -0.2) is 18.8 Å². The van der Waals surface area contributed by atoms with Crippen LogP contribution in [0.1, 0.15) is 5.56 Å². The molecule has 0 aromatic heterocycles. The van der Waals surface area contributed by atoms with Gasteiger partial charge in [0.15, 0.2) is 17.4 Å². The molecule has 0 aliphatic carbocycles. The third-order valence-electron chi connectivity index (χ3n) is 1.72. The van der Waals surface area contributed by atoms with Gasteiger partial charge in [0.25, 0.3) is 0 Å². The Morgan fingerprint density at radius 1 is 1.06 bits per heavy atom. The topological polar surface area (TPSA) is 29.5 Å². The van der Waals surface area contributed by atoms with E-state index in [0.29, 0.717) is 0 Å². The second-order valence-electron chi connectivity index (χ2n) is 2.62. The molecule has 0 spiro atoms. The van der Waals surface area contributed by atoms with Crippen molar-refractivity contribution in [2.24, 2.45) is 0 Å². The molecule has 0 fully saturated rings. The van der Waals surface area contributed by atoms with Gasteiger partial charge in [-0.2, -0.15) is 8.78 Å². The Hall–Kier alpha value is -1.74. The molecule has 0 saturated carbocycles. The SMILES string of the molecule is COc1c(F)c(F)c(C#CCO)c(F)c1F. The lowest BCUT2D eigenvalue weighted by atomic mass is 10.1. The number of ether oxygens (including phenoxy) is 1. The maximum atomic E-state index is 13.2. The molecule has 16 heavy (non-hydrogen) atoms. The number of aliphatic hydroxyl groups is 1. The molecule has 0 saturated heterocycles. The van der Waals surface area contributed by atoms with Gasteiger partial charge in [0.1, 0.15) is 12.2 Å². The van der Waals surface area contributed by atoms with Crippen LogP contribution in [-0.2, 0) is 0 Å². The summed E-state index contributed by atoms with van der Waals surface area (Å²) in [5.74, 6) is -4.12. The zero-order valence-corrected chi connectivity index (χ0v) is 8.07. The molecular formula is C10H6F4O2. The Morgan fingerprint density at radius 2 is 1.56 bits per heavy atom. The van der Waals surface area contributed by atoms with Crippen molar-refractivity contribution < 1.29 is 27.4 Å². The maximum absolute atomic E-state index is 13.2. The van der Waals surface area contributed by atoms with Gasteiger partial charge in [0, 0.05) is 0 Å². The van der Waals surface area contributed by atoms with Crippen LogP contribution < -0.4 is 4.74 Å². The number of benzene rings is 1. The van der Waals surface area contributed by atoms with Crippen LogP contribution in [0, 0.1) is 35.1 Å². The van der Waals surface area contributed by atoms with Gasteiger partial charge >= 0.3 is 0 Å². The Bertz CT molecular complexity index is 445. The van der Waals surface area contributed by atoms with Crippen molar-refractivity contribution in [2.75, 3.05) is 13.7 Å². The van der Waals surface area contributed by atoms with Gasteiger partial charge in [-0.1, -0.05) is 11.8 Å². The smallest absolute Gasteiger partial charge is 0.205 e. The number of hydrogen-bond donors (Lipinski definition) is 1. The molecule has 2 nitrogen and oxygen atoms in total. The van der Waals surface area contributed by atoms with Gasteiger partial charge in [-0.25, -0.2) is 8.78 Å².